The van der Waals surface area contributed by atoms with Gasteiger partial charge in [0.1, 0.15) is 73.3 Å². The van der Waals surface area contributed by atoms with E-state index in [9.17, 15) is 101 Å². The Kier molecular flexibility index (Phi) is 34.9. The quantitative estimate of drug-likeness (QED) is 0.0118. The summed E-state index contributed by atoms with van der Waals surface area (Å²) in [6, 6.07) is 16.4. The van der Waals surface area contributed by atoms with Crippen molar-refractivity contribution in [2.75, 3.05) is 26.9 Å². The van der Waals surface area contributed by atoms with Gasteiger partial charge in [-0.2, -0.15) is 5.09 Å². The number of aromatic amines is 3. The number of benzene rings is 2. The van der Waals surface area contributed by atoms with Gasteiger partial charge in [0.2, 0.25) is 0 Å². The Morgan fingerprint density at radius 1 is 0.677 bits per heavy atom. The molecule has 3 aromatic heterocycles. The normalized spacial score (nSPS) is 27.9. The molecule has 0 amide bonds. The number of para-hydroxylation sites is 1. The van der Waals surface area contributed by atoms with Gasteiger partial charge in [-0.05, 0) is 57.0 Å². The molecule has 540 valence electrons. The predicted octanol–water partition coefficient (Wildman–Crippen LogP) is -8.44. The first-order chi connectivity index (χ1) is 44.2. The Bertz CT molecular complexity index is 3940. The van der Waals surface area contributed by atoms with Crippen molar-refractivity contribution in [1.29, 1.82) is 0 Å². The maximum Gasteiger partial charge on any atom is 1.00 e. The summed E-state index contributed by atoms with van der Waals surface area (Å²) in [6.07, 6.45) is -9.29. The van der Waals surface area contributed by atoms with E-state index in [4.69, 9.17) is 33.1 Å². The molecule has 47 heteroatoms. The molecule has 0 bridgehead atoms. The first-order valence-electron chi connectivity index (χ1n) is 27.4. The summed E-state index contributed by atoms with van der Waals surface area (Å²) < 4.78 is 123. The van der Waals surface area contributed by atoms with E-state index in [-0.39, 0.29) is 67.1 Å². The number of aliphatic hydroxyl groups excluding tert-OH is 4. The summed E-state index contributed by atoms with van der Waals surface area (Å²) in [5.41, 5.74) is -9.13. The third kappa shape index (κ3) is 23.6. The predicted molar refractivity (Wildman–Crippen MR) is 320 cm³/mol. The molecule has 3 saturated heterocycles. The third-order valence-corrected chi connectivity index (χ3v) is 16.8. The van der Waals surface area contributed by atoms with Crippen LogP contribution in [-0.4, -0.2) is 197 Å². The van der Waals surface area contributed by atoms with E-state index in [2.05, 4.69) is 19.5 Å². The Morgan fingerprint density at radius 2 is 1.11 bits per heavy atom. The molecule has 5 aromatic rings. The van der Waals surface area contributed by atoms with Crippen LogP contribution < -0.4 is 91.5 Å². The molecule has 3 aliphatic heterocycles. The summed E-state index contributed by atoms with van der Waals surface area (Å²) in [6.45, 7) is 2.54. The second kappa shape index (κ2) is 38.1. The number of hydrogen-bond donors (Lipinski definition) is 14. The molecule has 8 rings (SSSR count). The Balaban J connectivity index is 0.000000734. The number of carboxylic acids is 1. The fourth-order valence-electron chi connectivity index (χ4n) is 8.45. The average Bonchev–Trinajstić information content (AvgIpc) is 1.60. The van der Waals surface area contributed by atoms with Crippen molar-refractivity contribution in [3.63, 3.8) is 0 Å². The van der Waals surface area contributed by atoms with Gasteiger partial charge < -0.3 is 85.2 Å². The number of aliphatic hydroxyl groups is 6. The largest absolute Gasteiger partial charge is 1.00 e. The fraction of sp³-hybridized carbons (Fsp3) is 0.481. The molecule has 16 N–H and O–H groups in total. The number of ether oxygens (including phenoxy) is 4. The van der Waals surface area contributed by atoms with E-state index >= 15 is 4.39 Å². The minimum atomic E-state index is -4.81. The molecule has 0 aliphatic carbocycles. The molecule has 3 aliphatic rings. The number of nitrogens with one attached hydrogen (secondary N) is 6. The topological polar surface area (TPSA) is 599 Å². The van der Waals surface area contributed by atoms with Crippen molar-refractivity contribution in [1.82, 2.24) is 44.1 Å². The summed E-state index contributed by atoms with van der Waals surface area (Å²) >= 11 is 0. The molecule has 6 heterocycles. The monoisotopic (exact) mass is 1460 g/mol. The van der Waals surface area contributed by atoms with Crippen LogP contribution in [0.3, 0.4) is 0 Å². The molecule has 39 nitrogen and oxygen atoms in total. The van der Waals surface area contributed by atoms with Gasteiger partial charge in [0.15, 0.2) is 25.3 Å². The minimum Gasteiger partial charge on any atom is -0.870 e. The van der Waals surface area contributed by atoms with Crippen LogP contribution in [0.25, 0.3) is 0 Å². The number of halogens is 3. The number of H-pyrrole nitrogens is 3. The van der Waals surface area contributed by atoms with Crippen LogP contribution in [0.4, 0.5) is 13.2 Å². The van der Waals surface area contributed by atoms with Crippen LogP contribution >= 0.6 is 24.2 Å². The van der Waals surface area contributed by atoms with Crippen molar-refractivity contribution in [2.24, 2.45) is 0 Å². The molecule has 18 atom stereocenters. The number of carbonyl (C=O) groups excluding carboxylic acids is 2. The molecule has 0 saturated carbocycles. The van der Waals surface area contributed by atoms with E-state index in [0.717, 1.165) is 62.1 Å². The van der Waals surface area contributed by atoms with Crippen LogP contribution in [0.2, 0.25) is 0 Å². The van der Waals surface area contributed by atoms with Crippen LogP contribution in [0.1, 0.15) is 58.9 Å². The molecular formula is C52H69F3Li2N9O30P3. The number of hydrogen-bond acceptors (Lipinski definition) is 29. The van der Waals surface area contributed by atoms with E-state index in [0.29, 0.717) is 14.7 Å². The van der Waals surface area contributed by atoms with Crippen LogP contribution in [-0.2, 0) is 67.2 Å². The van der Waals surface area contributed by atoms with Crippen molar-refractivity contribution >= 4 is 42.4 Å². The number of alkyl halides is 3. The number of aromatic nitrogens is 6. The van der Waals surface area contributed by atoms with Crippen molar-refractivity contribution in [3.8, 4) is 5.75 Å². The number of rotatable bonds is 24. The van der Waals surface area contributed by atoms with E-state index in [1.165, 1.54) is 19.1 Å². The summed E-state index contributed by atoms with van der Waals surface area (Å²) in [7, 11) is -8.98. The molecule has 0 radical (unpaired) electrons. The Labute approximate surface area is 580 Å². The number of nitrogens with zero attached hydrogens (tertiary/aromatic N) is 3. The van der Waals surface area contributed by atoms with Gasteiger partial charge >= 0.3 is 90.9 Å². The van der Waals surface area contributed by atoms with Crippen LogP contribution in [0, 0.1) is 0 Å². The number of esters is 1. The summed E-state index contributed by atoms with van der Waals surface area (Å²) in [5, 5.41) is 76.8. The standard InChI is InChI=1S/C26H29FN3O10P.C12H17FN3O10P.C10H12FN2O7P.C4H8NO.2Li.2H2O/c1-17(21(32)37-15-18-9-5-3-6-10-18)29-41(36,40-19-11-7-4-8-12-19)38-16-26(27)22(33)25(2,35)23(39-26)30-14-13-20(31)28-24(30)34;1-5(10(20)21)15-27(23,24)25-4-12(13)8(19)7(18)9(26-12)16-3-2-6(17)14-11(16)22;1-9(17)6(15)10(11,4-19-21-18)20-7(9)13-3-2-5(14)12-8(13)16;1-4(3-6)5-2;;;;/h3-14,17,22-23,33,35H,15-16H2,1-2H3,(H,29,36)(H,28,31,34);2-3,5,7-9,18-19H,4H2,1H3,(H,20,21)(H,14,17,22)(H2,15,23,24);2-3,6-7,15,17,21H,4H2,1H3;4-5H,1-2H3;;;2*1H2/q;;;-1;2*+1;;/p-1/t17-,22-,23+,25+,26+,41?;5-,7+,8-,9+,12+;6-,7+,9+,10+;4-;;;;/m0000..../s1. The smallest absolute Gasteiger partial charge is 0.870 e. The first-order valence-corrected chi connectivity index (χ1v) is 31.4. The number of carbonyl (C=O) groups is 2. The van der Waals surface area contributed by atoms with Gasteiger partial charge in [0, 0.05) is 36.8 Å². The van der Waals surface area contributed by atoms with Gasteiger partial charge in [0.05, 0.1) is 0 Å². The zero-order chi connectivity index (χ0) is 71.2. The molecular weight excluding hydrogens is 1390 g/mol. The summed E-state index contributed by atoms with van der Waals surface area (Å²) in [4.78, 5) is 117. The van der Waals surface area contributed by atoms with E-state index in [1.54, 1.807) is 73.9 Å². The van der Waals surface area contributed by atoms with Crippen molar-refractivity contribution < 1.29 is 168 Å². The number of likely N-dealkylation sites (N-methyl/N-ethyl adjacent to an activating group) is 1. The molecule has 0 spiro atoms. The zero-order valence-corrected chi connectivity index (χ0v) is 56.1. The summed E-state index contributed by atoms with van der Waals surface area (Å²) in [5.74, 6) is -11.6. The van der Waals surface area contributed by atoms with Gasteiger partial charge in [0.25, 0.3) is 34.2 Å². The SMILES string of the molecule is CN[C@@H](C)[C-]=O.C[C@H](NP(=O)(O)OC[C@@]1(F)O[C@@H](n2ccc(=O)[nH]c2=O)[C@H](O)[C@@H]1O)C(=O)O.C[C@H](NP(=O)(OC[C@@]1(F)O[C@@H](n2ccc(=O)[nH]c2=O)[C@](C)(O)[C@@H]1O)Oc1ccccc1)C(=O)OCc1ccccc1.C[C@]1(O)[C@H](n2ccc(=O)[nH]c2=O)O[C@](F)(CO[PH+]=O)[C@H]1O.[Li+].[Li+].[OH-].[OH-]. The van der Waals surface area contributed by atoms with Gasteiger partial charge in [-0.3, -0.25) is 61.7 Å². The zero-order valence-electron chi connectivity index (χ0n) is 53.3. The Hall–Kier alpha value is -6.29. The molecule has 2 aromatic carbocycles. The van der Waals surface area contributed by atoms with Gasteiger partial charge in [-0.15, -0.1) is 4.52 Å². The van der Waals surface area contributed by atoms with Gasteiger partial charge in [-0.25, -0.2) is 48.1 Å². The van der Waals surface area contributed by atoms with E-state index < -0.39 is 174 Å². The van der Waals surface area contributed by atoms with Crippen LogP contribution in [0.5, 0.6) is 5.75 Å². The van der Waals surface area contributed by atoms with Crippen LogP contribution in [0.15, 0.2) is 126 Å². The Morgan fingerprint density at radius 3 is 1.53 bits per heavy atom. The maximum absolute atomic E-state index is 16.0. The second-order valence-electron chi connectivity index (χ2n) is 21.2. The van der Waals surface area contributed by atoms with Crippen molar-refractivity contribution in [2.45, 2.75) is 131 Å². The first kappa shape index (κ1) is 90.7. The van der Waals surface area contributed by atoms with Crippen molar-refractivity contribution in [3.05, 3.63) is 166 Å². The molecule has 99 heavy (non-hydrogen) atoms. The molecule has 3 unspecified atom stereocenters. The van der Waals surface area contributed by atoms with E-state index in [1.807, 2.05) is 15.0 Å². The third-order valence-electron chi connectivity index (χ3n) is 13.7. The molecule has 3 fully saturated rings. The van der Waals surface area contributed by atoms with Gasteiger partial charge in [-0.1, -0.05) is 61.5 Å². The second-order valence-corrected chi connectivity index (χ2v) is 24.9. The number of carboxylic acid groups (broad SMARTS) is 1. The minimum absolute atomic E-state index is 0. The maximum atomic E-state index is 16.0. The average molecular weight is 1460 g/mol. The fourth-order valence-corrected chi connectivity index (χ4v) is 11.2. The number of aliphatic carboxylic acids is 1.